The van der Waals surface area contributed by atoms with E-state index in [4.69, 9.17) is 16.7 Å². The van der Waals surface area contributed by atoms with Crippen LogP contribution < -0.4 is 10.6 Å². The standard InChI is InChI=1S/C23H25ClN4O3/c1-28(8-9-29)13-21(30)27-22-17-5-3-2-4-14(17)11-19(22)26-23(31)20-12-15-10-16(24)6-7-18(15)25-20/h2-7,10,12,19,22,25,29H,8-9,11,13H2,1H3,(H,26,31)(H,27,30)/t19-,22+/m1/s1. The second kappa shape index (κ2) is 9.09. The summed E-state index contributed by atoms with van der Waals surface area (Å²) in [6.45, 7) is 0.576. The summed E-state index contributed by atoms with van der Waals surface area (Å²) in [6.07, 6.45) is 0.630. The van der Waals surface area contributed by atoms with Gasteiger partial charge in [0.05, 0.1) is 25.2 Å². The van der Waals surface area contributed by atoms with Gasteiger partial charge in [-0.15, -0.1) is 0 Å². The van der Waals surface area contributed by atoms with Gasteiger partial charge in [-0.25, -0.2) is 0 Å². The molecule has 0 bridgehead atoms. The average molecular weight is 441 g/mol. The van der Waals surface area contributed by atoms with Crippen molar-refractivity contribution in [1.29, 1.82) is 0 Å². The number of amides is 2. The highest BCUT2D eigenvalue weighted by atomic mass is 35.5. The molecule has 31 heavy (non-hydrogen) atoms. The summed E-state index contributed by atoms with van der Waals surface area (Å²) in [7, 11) is 1.78. The maximum Gasteiger partial charge on any atom is 0.268 e. The van der Waals surface area contributed by atoms with E-state index in [1.165, 1.54) is 0 Å². The summed E-state index contributed by atoms with van der Waals surface area (Å²) in [5.74, 6) is -0.390. The highest BCUT2D eigenvalue weighted by Gasteiger charge is 2.34. The van der Waals surface area contributed by atoms with Crippen molar-refractivity contribution in [2.75, 3.05) is 26.7 Å². The number of nitrogens with zero attached hydrogens (tertiary/aromatic N) is 1. The second-order valence-electron chi connectivity index (χ2n) is 7.90. The zero-order chi connectivity index (χ0) is 22.0. The van der Waals surface area contributed by atoms with Gasteiger partial charge >= 0.3 is 0 Å². The maximum absolute atomic E-state index is 13.0. The topological polar surface area (TPSA) is 97.5 Å². The number of halogens is 1. The Morgan fingerprint density at radius 1 is 1.19 bits per heavy atom. The molecule has 0 saturated carbocycles. The van der Waals surface area contributed by atoms with Crippen molar-refractivity contribution in [2.24, 2.45) is 0 Å². The summed E-state index contributed by atoms with van der Waals surface area (Å²) in [5, 5.41) is 16.7. The number of nitrogens with one attached hydrogen (secondary N) is 3. The summed E-state index contributed by atoms with van der Waals surface area (Å²) < 4.78 is 0. The van der Waals surface area contributed by atoms with E-state index in [0.717, 1.165) is 22.0 Å². The van der Waals surface area contributed by atoms with Crippen molar-refractivity contribution < 1.29 is 14.7 Å². The van der Waals surface area contributed by atoms with Crippen molar-refractivity contribution in [3.63, 3.8) is 0 Å². The number of hydrogen-bond donors (Lipinski definition) is 4. The fraction of sp³-hybridized carbons (Fsp3) is 0.304. The molecule has 162 valence electrons. The third kappa shape index (κ3) is 4.74. The number of carbonyl (C=O) groups excluding carboxylic acids is 2. The van der Waals surface area contributed by atoms with Gasteiger partial charge in [0.25, 0.3) is 5.91 Å². The van der Waals surface area contributed by atoms with E-state index in [1.54, 1.807) is 24.1 Å². The fourth-order valence-corrected chi connectivity index (χ4v) is 4.27. The van der Waals surface area contributed by atoms with Crippen LogP contribution in [-0.4, -0.2) is 59.6 Å². The zero-order valence-electron chi connectivity index (χ0n) is 17.2. The molecule has 0 aliphatic heterocycles. The zero-order valence-corrected chi connectivity index (χ0v) is 17.9. The molecule has 2 aromatic carbocycles. The van der Waals surface area contributed by atoms with Crippen LogP contribution in [-0.2, 0) is 11.2 Å². The molecule has 2 atom stereocenters. The van der Waals surface area contributed by atoms with E-state index in [0.29, 0.717) is 23.7 Å². The Kier molecular flexibility index (Phi) is 6.27. The number of aliphatic hydroxyl groups is 1. The highest BCUT2D eigenvalue weighted by molar-refractivity contribution is 6.31. The van der Waals surface area contributed by atoms with Crippen LogP contribution in [0.3, 0.4) is 0 Å². The predicted octanol–water partition coefficient (Wildman–Crippen LogP) is 2.26. The second-order valence-corrected chi connectivity index (χ2v) is 8.34. The molecular weight excluding hydrogens is 416 g/mol. The van der Waals surface area contributed by atoms with Gasteiger partial charge in [-0.3, -0.25) is 14.5 Å². The van der Waals surface area contributed by atoms with E-state index >= 15 is 0 Å². The number of fused-ring (bicyclic) bond motifs is 2. The smallest absolute Gasteiger partial charge is 0.268 e. The molecule has 4 rings (SSSR count). The Morgan fingerprint density at radius 3 is 2.81 bits per heavy atom. The lowest BCUT2D eigenvalue weighted by molar-refractivity contribution is -0.122. The number of benzene rings is 2. The van der Waals surface area contributed by atoms with Crippen LogP contribution in [0.25, 0.3) is 10.9 Å². The number of H-pyrrole nitrogens is 1. The lowest BCUT2D eigenvalue weighted by Crippen LogP contribution is -2.46. The average Bonchev–Trinajstić information content (AvgIpc) is 3.29. The lowest BCUT2D eigenvalue weighted by atomic mass is 10.1. The van der Waals surface area contributed by atoms with Crippen LogP contribution in [0.2, 0.25) is 5.02 Å². The number of aromatic nitrogens is 1. The molecule has 1 aromatic heterocycles. The summed E-state index contributed by atoms with van der Waals surface area (Å²) in [5.41, 5.74) is 3.39. The molecule has 0 spiro atoms. The molecule has 0 saturated heterocycles. The summed E-state index contributed by atoms with van der Waals surface area (Å²) >= 11 is 6.05. The highest BCUT2D eigenvalue weighted by Crippen LogP contribution is 2.31. The minimum atomic E-state index is -0.325. The quantitative estimate of drug-likeness (QED) is 0.453. The summed E-state index contributed by atoms with van der Waals surface area (Å²) in [4.78, 5) is 30.4. The number of rotatable bonds is 7. The molecule has 1 heterocycles. The first-order valence-electron chi connectivity index (χ1n) is 10.2. The van der Waals surface area contributed by atoms with Crippen LogP contribution in [0.4, 0.5) is 0 Å². The number of carbonyl (C=O) groups is 2. The molecule has 1 aliphatic rings. The van der Waals surface area contributed by atoms with Gasteiger partial charge in [-0.2, -0.15) is 0 Å². The van der Waals surface area contributed by atoms with Gasteiger partial charge in [0, 0.05) is 22.5 Å². The number of aliphatic hydroxyl groups excluding tert-OH is 1. The largest absolute Gasteiger partial charge is 0.395 e. The van der Waals surface area contributed by atoms with Gasteiger partial charge in [-0.1, -0.05) is 35.9 Å². The van der Waals surface area contributed by atoms with Crippen molar-refractivity contribution in [3.05, 3.63) is 70.4 Å². The Morgan fingerprint density at radius 2 is 2.00 bits per heavy atom. The van der Waals surface area contributed by atoms with Crippen LogP contribution in [0.1, 0.15) is 27.7 Å². The van der Waals surface area contributed by atoms with Crippen molar-refractivity contribution in [3.8, 4) is 0 Å². The van der Waals surface area contributed by atoms with Crippen LogP contribution in [0.15, 0.2) is 48.5 Å². The fourth-order valence-electron chi connectivity index (χ4n) is 4.09. The van der Waals surface area contributed by atoms with Crippen molar-refractivity contribution >= 4 is 34.3 Å². The van der Waals surface area contributed by atoms with Crippen LogP contribution in [0.5, 0.6) is 0 Å². The van der Waals surface area contributed by atoms with Crippen LogP contribution in [0, 0.1) is 0 Å². The Bertz CT molecular complexity index is 1110. The van der Waals surface area contributed by atoms with E-state index in [-0.39, 0.29) is 37.0 Å². The van der Waals surface area contributed by atoms with E-state index in [1.807, 2.05) is 36.4 Å². The minimum Gasteiger partial charge on any atom is -0.395 e. The van der Waals surface area contributed by atoms with Crippen LogP contribution >= 0.6 is 11.6 Å². The first-order valence-corrected chi connectivity index (χ1v) is 10.6. The molecule has 0 radical (unpaired) electrons. The number of hydrogen-bond acceptors (Lipinski definition) is 4. The summed E-state index contributed by atoms with van der Waals surface area (Å²) in [6, 6.07) is 14.5. The monoisotopic (exact) mass is 440 g/mol. The maximum atomic E-state index is 13.0. The SMILES string of the molecule is CN(CCO)CC(=O)N[C@H]1c2ccccc2C[C@H]1NC(=O)c1cc2cc(Cl)ccc2[nH]1. The molecule has 0 fully saturated rings. The first-order chi connectivity index (χ1) is 14.9. The van der Waals surface area contributed by atoms with E-state index < -0.39 is 0 Å². The Hall–Kier alpha value is -2.87. The molecule has 0 unspecified atom stereocenters. The first kappa shape index (κ1) is 21.4. The predicted molar refractivity (Wildman–Crippen MR) is 120 cm³/mol. The van der Waals surface area contributed by atoms with Gasteiger partial charge in [0.2, 0.25) is 5.91 Å². The van der Waals surface area contributed by atoms with Crippen molar-refractivity contribution in [1.82, 2.24) is 20.5 Å². The minimum absolute atomic E-state index is 0.00949. The number of likely N-dealkylation sites (N-methyl/N-ethyl adjacent to an activating group) is 1. The van der Waals surface area contributed by atoms with Gasteiger partial charge in [0.1, 0.15) is 5.69 Å². The van der Waals surface area contributed by atoms with Gasteiger partial charge in [-0.05, 0) is 48.9 Å². The molecule has 7 nitrogen and oxygen atoms in total. The van der Waals surface area contributed by atoms with Gasteiger partial charge in [0.15, 0.2) is 0 Å². The molecule has 3 aromatic rings. The van der Waals surface area contributed by atoms with E-state index in [2.05, 4.69) is 15.6 Å². The molecule has 1 aliphatic carbocycles. The Balaban J connectivity index is 1.51. The normalized spacial score (nSPS) is 17.7. The third-order valence-electron chi connectivity index (χ3n) is 5.59. The van der Waals surface area contributed by atoms with Gasteiger partial charge < -0.3 is 20.7 Å². The number of aromatic amines is 1. The van der Waals surface area contributed by atoms with Crippen molar-refractivity contribution in [2.45, 2.75) is 18.5 Å². The Labute approximate surface area is 185 Å². The third-order valence-corrected chi connectivity index (χ3v) is 5.82. The molecular formula is C23H25ClN4O3. The molecule has 2 amide bonds. The lowest BCUT2D eigenvalue weighted by Gasteiger charge is -2.24. The molecule has 8 heteroatoms. The molecule has 4 N–H and O–H groups in total. The van der Waals surface area contributed by atoms with E-state index in [9.17, 15) is 9.59 Å².